The number of nitrogens with two attached hydrogens (primary N) is 2. The lowest BCUT2D eigenvalue weighted by Crippen LogP contribution is -2.94. The Kier molecular flexibility index (Phi) is 5.39. The summed E-state index contributed by atoms with van der Waals surface area (Å²) in [5.41, 5.74) is 5.69. The minimum Gasteiger partial charge on any atom is -0.507 e. The van der Waals surface area contributed by atoms with Crippen molar-refractivity contribution in [3.05, 3.63) is 23.8 Å². The van der Waals surface area contributed by atoms with E-state index < -0.39 is 43.2 Å². The van der Waals surface area contributed by atoms with Gasteiger partial charge in [0, 0.05) is 5.69 Å². The van der Waals surface area contributed by atoms with Crippen molar-refractivity contribution in [2.45, 2.75) is 30.6 Å². The summed E-state index contributed by atoms with van der Waals surface area (Å²) in [4.78, 5) is 11.9. The first-order valence-electron chi connectivity index (χ1n) is 7.10. The summed E-state index contributed by atoms with van der Waals surface area (Å²) in [5.74, 6) is -1.16. The number of ether oxygens (including phenoxy) is 2. The number of hydrogen-bond acceptors (Lipinski definition) is 8. The Labute approximate surface area is 132 Å². The quantitative estimate of drug-likeness (QED) is 0.195. The molecule has 2 rings (SSSR count). The van der Waals surface area contributed by atoms with E-state index in [2.05, 4.69) is 0 Å². The van der Waals surface area contributed by atoms with E-state index in [0.717, 1.165) is 0 Å². The molecule has 128 valence electrons. The van der Waals surface area contributed by atoms with E-state index in [4.69, 9.17) is 15.2 Å². The normalized spacial score (nSPS) is 30.9. The predicted molar refractivity (Wildman–Crippen MR) is 77.3 cm³/mol. The van der Waals surface area contributed by atoms with Crippen LogP contribution in [0.1, 0.15) is 10.4 Å². The minimum atomic E-state index is -1.33. The molecule has 1 saturated heterocycles. The maximum absolute atomic E-state index is 11.9. The molecule has 0 amide bonds. The number of quaternary nitrogens is 1. The first-order chi connectivity index (χ1) is 10.8. The number of aromatic hydroxyl groups is 1. The molecule has 0 radical (unpaired) electrons. The molecular weight excluding hydrogens is 308 g/mol. The Balaban J connectivity index is 2.00. The second-order valence-corrected chi connectivity index (χ2v) is 5.33. The Morgan fingerprint density at radius 3 is 2.70 bits per heavy atom. The van der Waals surface area contributed by atoms with Gasteiger partial charge in [-0.15, -0.1) is 0 Å². The molecule has 2 unspecified atom stereocenters. The van der Waals surface area contributed by atoms with Gasteiger partial charge in [0.15, 0.2) is 6.04 Å². The molecule has 1 aliphatic rings. The van der Waals surface area contributed by atoms with E-state index in [1.54, 1.807) is 7.05 Å². The van der Waals surface area contributed by atoms with E-state index in [1.165, 1.54) is 23.5 Å². The number of aliphatic hydroxyl groups excluding tert-OH is 3. The first kappa shape index (κ1) is 17.4. The molecule has 1 fully saturated rings. The van der Waals surface area contributed by atoms with Gasteiger partial charge >= 0.3 is 5.97 Å². The standard InChI is InChI=1S/C14H20N2O7/c1-16-10-12(19)11(18)9(23-14(10)21)5-22-13(20)7-4-6(15)2-3-8(7)17/h2-4,9-12,14,16-19,21H,5,15H2,1H3/p+1/t9?,10?,11-,12+,14-/m1/s1. The van der Waals surface area contributed by atoms with Crippen LogP contribution in [-0.4, -0.2) is 70.7 Å². The van der Waals surface area contributed by atoms with Crippen LogP contribution in [0.2, 0.25) is 0 Å². The van der Waals surface area contributed by atoms with Crippen molar-refractivity contribution in [2.24, 2.45) is 0 Å². The Hall–Kier alpha value is -1.91. The zero-order valence-corrected chi connectivity index (χ0v) is 12.5. The lowest BCUT2D eigenvalue weighted by molar-refractivity contribution is -0.694. The molecular formula is C14H21N2O7+. The van der Waals surface area contributed by atoms with E-state index in [0.29, 0.717) is 0 Å². The van der Waals surface area contributed by atoms with E-state index in [9.17, 15) is 25.2 Å². The summed E-state index contributed by atoms with van der Waals surface area (Å²) in [6, 6.07) is 3.19. The number of carbonyl (C=O) groups excluding carboxylic acids is 1. The molecule has 1 aliphatic heterocycles. The first-order valence-corrected chi connectivity index (χ1v) is 7.10. The van der Waals surface area contributed by atoms with Gasteiger partial charge in [0.05, 0.1) is 7.05 Å². The second kappa shape index (κ2) is 7.11. The number of nitrogen functional groups attached to an aromatic ring is 1. The molecule has 1 heterocycles. The smallest absolute Gasteiger partial charge is 0.342 e. The van der Waals surface area contributed by atoms with Gasteiger partial charge in [-0.3, -0.25) is 0 Å². The molecule has 0 saturated carbocycles. The number of hydrogen-bond donors (Lipinski definition) is 6. The number of likely N-dealkylation sites (N-methyl/N-ethyl adjacent to an activating group) is 1. The minimum absolute atomic E-state index is 0.129. The number of esters is 1. The molecule has 0 aromatic heterocycles. The molecule has 23 heavy (non-hydrogen) atoms. The lowest BCUT2D eigenvalue weighted by Gasteiger charge is -2.38. The van der Waals surface area contributed by atoms with E-state index in [-0.39, 0.29) is 17.0 Å². The lowest BCUT2D eigenvalue weighted by atomic mass is 9.97. The molecule has 0 spiro atoms. The zero-order valence-electron chi connectivity index (χ0n) is 12.5. The topological polar surface area (TPSA) is 159 Å². The number of rotatable bonds is 4. The number of aliphatic hydroxyl groups is 3. The number of benzene rings is 1. The molecule has 1 aromatic carbocycles. The highest BCUT2D eigenvalue weighted by Gasteiger charge is 2.46. The van der Waals surface area contributed by atoms with Gasteiger partial charge in [0.2, 0.25) is 6.29 Å². The van der Waals surface area contributed by atoms with Crippen LogP contribution in [0.3, 0.4) is 0 Å². The van der Waals surface area contributed by atoms with Crippen LogP contribution in [-0.2, 0) is 9.47 Å². The summed E-state index contributed by atoms with van der Waals surface area (Å²) in [7, 11) is 1.62. The number of phenols is 1. The van der Waals surface area contributed by atoms with Gasteiger partial charge < -0.3 is 41.0 Å². The molecule has 9 heteroatoms. The maximum Gasteiger partial charge on any atom is 0.342 e. The SMILES string of the molecule is C[NH2+]C1[C@H](O)OC(COC(=O)c2cc(N)ccc2O)[C@@H](O)[C@H]1O. The molecule has 8 N–H and O–H groups in total. The highest BCUT2D eigenvalue weighted by molar-refractivity contribution is 5.93. The van der Waals surface area contributed by atoms with Gasteiger partial charge in [-0.1, -0.05) is 0 Å². The Bertz CT molecular complexity index is 568. The van der Waals surface area contributed by atoms with E-state index in [1.807, 2.05) is 0 Å². The van der Waals surface area contributed by atoms with Crippen LogP contribution in [0.4, 0.5) is 5.69 Å². The fourth-order valence-electron chi connectivity index (χ4n) is 2.42. The largest absolute Gasteiger partial charge is 0.507 e. The van der Waals surface area contributed by atoms with Crippen LogP contribution in [0, 0.1) is 0 Å². The Morgan fingerprint density at radius 1 is 1.35 bits per heavy atom. The fourth-order valence-corrected chi connectivity index (χ4v) is 2.42. The third-order valence-electron chi connectivity index (χ3n) is 3.77. The van der Waals surface area contributed by atoms with Crippen molar-refractivity contribution in [3.8, 4) is 5.75 Å². The third kappa shape index (κ3) is 3.71. The van der Waals surface area contributed by atoms with Crippen molar-refractivity contribution in [1.82, 2.24) is 0 Å². The highest BCUT2D eigenvalue weighted by atomic mass is 16.6. The molecule has 0 aliphatic carbocycles. The summed E-state index contributed by atoms with van der Waals surface area (Å²) in [6.07, 6.45) is -4.98. The average Bonchev–Trinajstić information content (AvgIpc) is 2.52. The highest BCUT2D eigenvalue weighted by Crippen LogP contribution is 2.22. The van der Waals surface area contributed by atoms with Crippen LogP contribution in [0.25, 0.3) is 0 Å². The van der Waals surface area contributed by atoms with Crippen LogP contribution in [0.5, 0.6) is 5.75 Å². The van der Waals surface area contributed by atoms with Crippen molar-refractivity contribution < 1.29 is 40.0 Å². The average molecular weight is 329 g/mol. The number of phenolic OH excluding ortho intramolecular Hbond substituents is 1. The van der Waals surface area contributed by atoms with Crippen LogP contribution in [0.15, 0.2) is 18.2 Å². The van der Waals surface area contributed by atoms with Crippen molar-refractivity contribution >= 4 is 11.7 Å². The van der Waals surface area contributed by atoms with Gasteiger partial charge in [0.1, 0.15) is 36.2 Å². The second-order valence-electron chi connectivity index (χ2n) is 5.33. The monoisotopic (exact) mass is 329 g/mol. The van der Waals surface area contributed by atoms with Crippen molar-refractivity contribution in [3.63, 3.8) is 0 Å². The molecule has 9 nitrogen and oxygen atoms in total. The summed E-state index contributed by atoms with van der Waals surface area (Å²) < 4.78 is 10.1. The van der Waals surface area contributed by atoms with Crippen molar-refractivity contribution in [1.29, 1.82) is 0 Å². The zero-order chi connectivity index (χ0) is 17.1. The number of anilines is 1. The predicted octanol–water partition coefficient (Wildman–Crippen LogP) is -2.87. The summed E-state index contributed by atoms with van der Waals surface area (Å²) >= 11 is 0. The van der Waals surface area contributed by atoms with Gasteiger partial charge in [-0.25, -0.2) is 4.79 Å². The number of carbonyl (C=O) groups is 1. The molecule has 1 aromatic rings. The summed E-state index contributed by atoms with van der Waals surface area (Å²) in [5, 5.41) is 40.8. The van der Waals surface area contributed by atoms with Gasteiger partial charge in [-0.05, 0) is 18.2 Å². The van der Waals surface area contributed by atoms with Crippen LogP contribution < -0.4 is 11.1 Å². The van der Waals surface area contributed by atoms with Gasteiger partial charge in [0.25, 0.3) is 0 Å². The fraction of sp³-hybridized carbons (Fsp3) is 0.500. The van der Waals surface area contributed by atoms with Crippen LogP contribution >= 0.6 is 0 Å². The third-order valence-corrected chi connectivity index (χ3v) is 3.77. The molecule has 5 atom stereocenters. The summed E-state index contributed by atoms with van der Waals surface area (Å²) in [6.45, 7) is -0.404. The van der Waals surface area contributed by atoms with Crippen molar-refractivity contribution in [2.75, 3.05) is 19.4 Å². The maximum atomic E-state index is 11.9. The van der Waals surface area contributed by atoms with Gasteiger partial charge in [-0.2, -0.15) is 0 Å². The Morgan fingerprint density at radius 2 is 2.04 bits per heavy atom. The molecule has 0 bridgehead atoms. The van der Waals surface area contributed by atoms with E-state index >= 15 is 0 Å².